The van der Waals surface area contributed by atoms with E-state index in [-0.39, 0.29) is 24.5 Å². The number of carbonyl (C=O) groups excluding carboxylic acids is 2. The Morgan fingerprint density at radius 3 is 2.77 bits per heavy atom. The molecule has 0 N–H and O–H groups in total. The van der Waals surface area contributed by atoms with Gasteiger partial charge in [0.2, 0.25) is 5.76 Å². The summed E-state index contributed by atoms with van der Waals surface area (Å²) < 4.78 is 16.3. The van der Waals surface area contributed by atoms with E-state index in [2.05, 4.69) is 9.72 Å². The van der Waals surface area contributed by atoms with E-state index in [9.17, 15) is 14.4 Å². The Morgan fingerprint density at radius 1 is 1.31 bits per heavy atom. The van der Waals surface area contributed by atoms with Gasteiger partial charge in [0.25, 0.3) is 5.56 Å². The number of aromatic nitrogens is 2. The molecule has 3 heterocycles. The molecule has 3 rings (SSSR count). The van der Waals surface area contributed by atoms with Crippen molar-refractivity contribution in [1.82, 2.24) is 9.55 Å². The van der Waals surface area contributed by atoms with Crippen molar-refractivity contribution in [3.63, 3.8) is 0 Å². The van der Waals surface area contributed by atoms with E-state index < -0.39 is 11.9 Å². The summed E-state index contributed by atoms with van der Waals surface area (Å²) in [6, 6.07) is 3.07. The molecular weight excluding hydrogens is 360 g/mol. The smallest absolute Gasteiger partial charge is 0.373 e. The van der Waals surface area contributed by atoms with Crippen LogP contribution in [0.4, 0.5) is 0 Å². The van der Waals surface area contributed by atoms with Crippen molar-refractivity contribution in [2.24, 2.45) is 0 Å². The summed E-state index contributed by atoms with van der Waals surface area (Å²) in [4.78, 5) is 41.3. The van der Waals surface area contributed by atoms with Crippen LogP contribution in [0.25, 0.3) is 10.2 Å². The Bertz CT molecular complexity index is 1050. The third kappa shape index (κ3) is 3.13. The Labute approximate surface area is 152 Å². The number of hydrogen-bond donors (Lipinski definition) is 0. The van der Waals surface area contributed by atoms with Crippen molar-refractivity contribution in [2.45, 2.75) is 20.4 Å². The van der Waals surface area contributed by atoms with Gasteiger partial charge in [-0.3, -0.25) is 9.36 Å². The topological polar surface area (TPSA) is 101 Å². The summed E-state index contributed by atoms with van der Waals surface area (Å²) in [5.74, 6) is -0.592. The van der Waals surface area contributed by atoms with Gasteiger partial charge in [-0.1, -0.05) is 0 Å². The number of furan rings is 1. The molecule has 0 aromatic carbocycles. The Kier molecular flexibility index (Phi) is 4.90. The molecule has 9 heteroatoms. The average Bonchev–Trinajstić information content (AvgIpc) is 3.22. The first kappa shape index (κ1) is 17.9. The quantitative estimate of drug-likeness (QED) is 0.630. The van der Waals surface area contributed by atoms with E-state index in [1.807, 2.05) is 0 Å². The van der Waals surface area contributed by atoms with E-state index in [1.54, 1.807) is 19.9 Å². The van der Waals surface area contributed by atoms with Crippen LogP contribution in [0.2, 0.25) is 0 Å². The second-order valence-electron chi connectivity index (χ2n) is 5.39. The molecule has 0 unspecified atom stereocenters. The van der Waals surface area contributed by atoms with Crippen LogP contribution < -0.4 is 5.56 Å². The highest BCUT2D eigenvalue weighted by atomic mass is 32.1. The normalized spacial score (nSPS) is 10.9. The van der Waals surface area contributed by atoms with E-state index in [0.29, 0.717) is 26.4 Å². The zero-order chi connectivity index (χ0) is 18.8. The number of nitrogens with zero attached hydrogens (tertiary/aromatic N) is 2. The minimum absolute atomic E-state index is 0.0564. The molecule has 0 aliphatic rings. The summed E-state index contributed by atoms with van der Waals surface area (Å²) in [7, 11) is 1.26. The highest BCUT2D eigenvalue weighted by molar-refractivity contribution is 7.20. The second-order valence-corrected chi connectivity index (χ2v) is 6.39. The van der Waals surface area contributed by atoms with Gasteiger partial charge in [0.1, 0.15) is 15.5 Å². The van der Waals surface area contributed by atoms with Crippen LogP contribution in [0.3, 0.4) is 0 Å². The maximum absolute atomic E-state index is 12.8. The highest BCUT2D eigenvalue weighted by Crippen LogP contribution is 2.27. The van der Waals surface area contributed by atoms with Crippen molar-refractivity contribution in [1.29, 1.82) is 0 Å². The molecule has 26 heavy (non-hydrogen) atoms. The van der Waals surface area contributed by atoms with Crippen molar-refractivity contribution in [3.05, 3.63) is 50.8 Å². The monoisotopic (exact) mass is 376 g/mol. The maximum Gasteiger partial charge on any atom is 0.373 e. The van der Waals surface area contributed by atoms with E-state index in [0.717, 1.165) is 11.3 Å². The largest absolute Gasteiger partial charge is 0.463 e. The van der Waals surface area contributed by atoms with E-state index in [1.165, 1.54) is 24.1 Å². The summed E-state index contributed by atoms with van der Waals surface area (Å²) in [6.45, 7) is 3.77. The first-order valence-corrected chi connectivity index (χ1v) is 8.60. The van der Waals surface area contributed by atoms with E-state index in [4.69, 9.17) is 9.15 Å². The number of thiophene rings is 1. The molecule has 0 saturated carbocycles. The summed E-state index contributed by atoms with van der Waals surface area (Å²) in [6.07, 6.45) is 1.38. The summed E-state index contributed by atoms with van der Waals surface area (Å²) >= 11 is 1.13. The van der Waals surface area contributed by atoms with Crippen LogP contribution in [0.5, 0.6) is 0 Å². The van der Waals surface area contributed by atoms with E-state index >= 15 is 0 Å². The van der Waals surface area contributed by atoms with Gasteiger partial charge in [-0.2, -0.15) is 0 Å². The number of esters is 2. The van der Waals surface area contributed by atoms with Gasteiger partial charge in [0.05, 0.1) is 32.0 Å². The number of fused-ring (bicyclic) bond motifs is 1. The standard InChI is InChI=1S/C17H16N2O6S/c1-4-24-17(22)13-9(2)12-14(26-13)18-8-19(15(12)20)7-10-5-6-11(25-10)16(21)23-3/h5-6,8H,4,7H2,1-3H3. The SMILES string of the molecule is CCOC(=O)c1sc2ncn(Cc3ccc(C(=O)OC)o3)c(=O)c2c1C. The Balaban J connectivity index is 1.98. The fourth-order valence-electron chi connectivity index (χ4n) is 2.50. The molecule has 0 aliphatic heterocycles. The van der Waals surface area contributed by atoms with Crippen LogP contribution in [0, 0.1) is 6.92 Å². The molecule has 3 aromatic rings. The molecule has 0 radical (unpaired) electrons. The van der Waals surface area contributed by atoms with Gasteiger partial charge in [0, 0.05) is 0 Å². The molecule has 136 valence electrons. The second kappa shape index (κ2) is 7.12. The molecule has 0 bridgehead atoms. The fourth-order valence-corrected chi connectivity index (χ4v) is 3.54. The van der Waals surface area contributed by atoms with Gasteiger partial charge in [-0.15, -0.1) is 11.3 Å². The van der Waals surface area contributed by atoms with Crippen LogP contribution in [-0.2, 0) is 16.0 Å². The predicted molar refractivity (Wildman–Crippen MR) is 93.7 cm³/mol. The van der Waals surface area contributed by atoms with Gasteiger partial charge in [-0.25, -0.2) is 14.6 Å². The molecule has 0 amide bonds. The molecule has 0 saturated heterocycles. The number of aryl methyl sites for hydroxylation is 1. The van der Waals surface area contributed by atoms with Gasteiger partial charge < -0.3 is 13.9 Å². The van der Waals surface area contributed by atoms with Crippen molar-refractivity contribution < 1.29 is 23.5 Å². The number of ether oxygens (including phenoxy) is 2. The van der Waals surface area contributed by atoms with Gasteiger partial charge >= 0.3 is 11.9 Å². The number of rotatable bonds is 5. The van der Waals surface area contributed by atoms with Crippen LogP contribution in [0.15, 0.2) is 27.7 Å². The number of carbonyl (C=O) groups is 2. The maximum atomic E-state index is 12.8. The Morgan fingerprint density at radius 2 is 2.08 bits per heavy atom. The highest BCUT2D eigenvalue weighted by Gasteiger charge is 2.20. The first-order chi connectivity index (χ1) is 12.5. The summed E-state index contributed by atoms with van der Waals surface area (Å²) in [5.41, 5.74) is 0.250. The lowest BCUT2D eigenvalue weighted by atomic mass is 10.2. The molecule has 0 atom stereocenters. The minimum atomic E-state index is -0.593. The zero-order valence-electron chi connectivity index (χ0n) is 14.4. The summed E-state index contributed by atoms with van der Waals surface area (Å²) in [5, 5.41) is 0.375. The van der Waals surface area contributed by atoms with Crippen LogP contribution in [0.1, 0.15) is 38.5 Å². The minimum Gasteiger partial charge on any atom is -0.463 e. The third-order valence-corrected chi connectivity index (χ3v) is 4.93. The number of hydrogen-bond acceptors (Lipinski definition) is 8. The van der Waals surface area contributed by atoms with Gasteiger partial charge in [0.15, 0.2) is 0 Å². The van der Waals surface area contributed by atoms with Gasteiger partial charge in [-0.05, 0) is 31.5 Å². The lowest BCUT2D eigenvalue weighted by Crippen LogP contribution is -2.21. The van der Waals surface area contributed by atoms with Crippen molar-refractivity contribution in [3.8, 4) is 0 Å². The molecule has 0 aliphatic carbocycles. The van der Waals surface area contributed by atoms with Crippen molar-refractivity contribution >= 4 is 33.5 Å². The van der Waals surface area contributed by atoms with Crippen LogP contribution >= 0.6 is 11.3 Å². The zero-order valence-corrected chi connectivity index (χ0v) is 15.2. The Hall–Kier alpha value is -2.94. The molecule has 8 nitrogen and oxygen atoms in total. The molecule has 3 aromatic heterocycles. The van der Waals surface area contributed by atoms with Crippen molar-refractivity contribution in [2.75, 3.05) is 13.7 Å². The average molecular weight is 376 g/mol. The number of methoxy groups -OCH3 is 1. The van der Waals surface area contributed by atoms with Crippen LogP contribution in [-0.4, -0.2) is 35.2 Å². The molecule has 0 spiro atoms. The first-order valence-electron chi connectivity index (χ1n) is 7.79. The third-order valence-electron chi connectivity index (χ3n) is 3.75. The molecule has 0 fully saturated rings. The fraction of sp³-hybridized carbons (Fsp3) is 0.294. The lowest BCUT2D eigenvalue weighted by Gasteiger charge is -2.03. The lowest BCUT2D eigenvalue weighted by molar-refractivity contribution is 0.0529. The predicted octanol–water partition coefficient (Wildman–Crippen LogP) is 2.37. The molecular formula is C17H16N2O6S.